The van der Waals surface area contributed by atoms with Gasteiger partial charge in [0.05, 0.1) is 0 Å². The third kappa shape index (κ3) is 2.38. The minimum absolute atomic E-state index is 0.321. The second-order valence-electron chi connectivity index (χ2n) is 4.05. The second kappa shape index (κ2) is 4.82. The molecular weight excluding hydrogens is 246 g/mol. The zero-order chi connectivity index (χ0) is 12.4. The van der Waals surface area contributed by atoms with Crippen molar-refractivity contribution in [1.29, 1.82) is 0 Å². The van der Waals surface area contributed by atoms with Gasteiger partial charge in [0.15, 0.2) is 11.5 Å². The summed E-state index contributed by atoms with van der Waals surface area (Å²) in [5.41, 5.74) is 7.76. The fraction of sp³-hybridized carbons (Fsp3) is 0.143. The SMILES string of the molecule is Nc1cccc(SCc2ccc3c(c2)OCO3)c1. The van der Waals surface area contributed by atoms with E-state index >= 15 is 0 Å². The van der Waals surface area contributed by atoms with Crippen LogP contribution in [0.3, 0.4) is 0 Å². The summed E-state index contributed by atoms with van der Waals surface area (Å²) < 4.78 is 10.6. The van der Waals surface area contributed by atoms with Gasteiger partial charge in [-0.05, 0) is 35.9 Å². The van der Waals surface area contributed by atoms with Crippen LogP contribution in [0, 0.1) is 0 Å². The first-order valence-corrected chi connectivity index (χ1v) is 6.67. The zero-order valence-electron chi connectivity index (χ0n) is 9.76. The lowest BCUT2D eigenvalue weighted by Gasteiger charge is -2.04. The van der Waals surface area contributed by atoms with E-state index in [0.29, 0.717) is 6.79 Å². The van der Waals surface area contributed by atoms with Gasteiger partial charge in [0.25, 0.3) is 0 Å². The maximum atomic E-state index is 5.75. The molecular formula is C14H13NO2S. The molecule has 0 saturated carbocycles. The molecule has 1 heterocycles. The fourth-order valence-electron chi connectivity index (χ4n) is 1.80. The number of ether oxygens (including phenoxy) is 2. The Labute approximate surface area is 110 Å². The lowest BCUT2D eigenvalue weighted by atomic mass is 10.2. The van der Waals surface area contributed by atoms with E-state index in [4.69, 9.17) is 15.2 Å². The van der Waals surface area contributed by atoms with Crippen LogP contribution in [0.5, 0.6) is 11.5 Å². The summed E-state index contributed by atoms with van der Waals surface area (Å²) in [5, 5.41) is 0. The topological polar surface area (TPSA) is 44.5 Å². The Hall–Kier alpha value is -1.81. The summed E-state index contributed by atoms with van der Waals surface area (Å²) in [7, 11) is 0. The number of thioether (sulfide) groups is 1. The minimum Gasteiger partial charge on any atom is -0.454 e. The van der Waals surface area contributed by atoms with Crippen molar-refractivity contribution in [3.05, 3.63) is 48.0 Å². The Morgan fingerprint density at radius 2 is 1.94 bits per heavy atom. The van der Waals surface area contributed by atoms with Crippen molar-refractivity contribution in [3.8, 4) is 11.5 Å². The van der Waals surface area contributed by atoms with Gasteiger partial charge >= 0.3 is 0 Å². The van der Waals surface area contributed by atoms with Gasteiger partial charge in [-0.2, -0.15) is 0 Å². The number of hydrogen-bond donors (Lipinski definition) is 1. The molecule has 2 N–H and O–H groups in total. The lowest BCUT2D eigenvalue weighted by molar-refractivity contribution is 0.174. The summed E-state index contributed by atoms with van der Waals surface area (Å²) in [6, 6.07) is 14.0. The molecule has 0 radical (unpaired) electrons. The highest BCUT2D eigenvalue weighted by atomic mass is 32.2. The number of nitrogen functional groups attached to an aromatic ring is 1. The van der Waals surface area contributed by atoms with Gasteiger partial charge in [0, 0.05) is 16.3 Å². The van der Waals surface area contributed by atoms with Gasteiger partial charge in [0.1, 0.15) is 0 Å². The molecule has 1 aliphatic rings. The number of fused-ring (bicyclic) bond motifs is 1. The molecule has 2 aromatic rings. The molecule has 0 amide bonds. The van der Waals surface area contributed by atoms with Gasteiger partial charge in [-0.15, -0.1) is 11.8 Å². The number of nitrogens with two attached hydrogens (primary N) is 1. The summed E-state index contributed by atoms with van der Waals surface area (Å²) in [6.07, 6.45) is 0. The molecule has 0 fully saturated rings. The number of anilines is 1. The van der Waals surface area contributed by atoms with Crippen LogP contribution in [0.25, 0.3) is 0 Å². The van der Waals surface area contributed by atoms with E-state index in [0.717, 1.165) is 22.9 Å². The van der Waals surface area contributed by atoms with Crippen molar-refractivity contribution in [2.45, 2.75) is 10.6 Å². The molecule has 0 atom stereocenters. The van der Waals surface area contributed by atoms with Crippen molar-refractivity contribution in [2.24, 2.45) is 0 Å². The van der Waals surface area contributed by atoms with Crippen molar-refractivity contribution >= 4 is 17.4 Å². The molecule has 0 spiro atoms. The Morgan fingerprint density at radius 1 is 1.06 bits per heavy atom. The Morgan fingerprint density at radius 3 is 2.83 bits per heavy atom. The molecule has 0 bridgehead atoms. The first-order chi connectivity index (χ1) is 8.81. The predicted molar refractivity (Wildman–Crippen MR) is 73.0 cm³/mol. The van der Waals surface area contributed by atoms with Crippen LogP contribution in [-0.4, -0.2) is 6.79 Å². The molecule has 0 aromatic heterocycles. The maximum Gasteiger partial charge on any atom is 0.231 e. The zero-order valence-corrected chi connectivity index (χ0v) is 10.6. The first-order valence-electron chi connectivity index (χ1n) is 5.68. The minimum atomic E-state index is 0.321. The predicted octanol–water partition coefficient (Wildman–Crippen LogP) is 3.29. The lowest BCUT2D eigenvalue weighted by Crippen LogP contribution is -1.92. The summed E-state index contributed by atoms with van der Waals surface area (Å²) >= 11 is 1.76. The number of benzene rings is 2. The molecule has 0 unspecified atom stereocenters. The van der Waals surface area contributed by atoms with Gasteiger partial charge in [-0.3, -0.25) is 0 Å². The average molecular weight is 259 g/mol. The van der Waals surface area contributed by atoms with E-state index in [1.54, 1.807) is 11.8 Å². The highest BCUT2D eigenvalue weighted by Crippen LogP contribution is 2.34. The highest BCUT2D eigenvalue weighted by Gasteiger charge is 2.12. The van der Waals surface area contributed by atoms with E-state index in [-0.39, 0.29) is 0 Å². The standard InChI is InChI=1S/C14H13NO2S/c15-11-2-1-3-12(7-11)18-8-10-4-5-13-14(6-10)17-9-16-13/h1-7H,8-9,15H2. The molecule has 3 rings (SSSR count). The van der Waals surface area contributed by atoms with Gasteiger partial charge < -0.3 is 15.2 Å². The van der Waals surface area contributed by atoms with Crippen LogP contribution >= 0.6 is 11.8 Å². The van der Waals surface area contributed by atoms with Crippen LogP contribution in [0.4, 0.5) is 5.69 Å². The largest absolute Gasteiger partial charge is 0.454 e. The van der Waals surface area contributed by atoms with E-state index in [9.17, 15) is 0 Å². The molecule has 0 saturated heterocycles. The van der Waals surface area contributed by atoms with E-state index < -0.39 is 0 Å². The second-order valence-corrected chi connectivity index (χ2v) is 5.10. The highest BCUT2D eigenvalue weighted by molar-refractivity contribution is 7.98. The quantitative estimate of drug-likeness (QED) is 0.678. The molecule has 2 aromatic carbocycles. The van der Waals surface area contributed by atoms with Crippen molar-refractivity contribution in [1.82, 2.24) is 0 Å². The monoisotopic (exact) mass is 259 g/mol. The molecule has 92 valence electrons. The summed E-state index contributed by atoms with van der Waals surface area (Å²) in [6.45, 7) is 0.321. The van der Waals surface area contributed by atoms with Crippen molar-refractivity contribution in [2.75, 3.05) is 12.5 Å². The number of hydrogen-bond acceptors (Lipinski definition) is 4. The normalized spacial score (nSPS) is 12.7. The van der Waals surface area contributed by atoms with Gasteiger partial charge in [-0.1, -0.05) is 12.1 Å². The van der Waals surface area contributed by atoms with Crippen LogP contribution < -0.4 is 15.2 Å². The molecule has 4 heteroatoms. The molecule has 18 heavy (non-hydrogen) atoms. The van der Waals surface area contributed by atoms with Gasteiger partial charge in [-0.25, -0.2) is 0 Å². The van der Waals surface area contributed by atoms with Crippen molar-refractivity contribution < 1.29 is 9.47 Å². The van der Waals surface area contributed by atoms with Gasteiger partial charge in [0.2, 0.25) is 6.79 Å². The molecule has 0 aliphatic carbocycles. The number of rotatable bonds is 3. The Balaban J connectivity index is 1.70. The maximum absolute atomic E-state index is 5.75. The third-order valence-corrected chi connectivity index (χ3v) is 3.77. The van der Waals surface area contributed by atoms with Crippen LogP contribution in [0.2, 0.25) is 0 Å². The first kappa shape index (κ1) is 11.3. The van der Waals surface area contributed by atoms with E-state index in [1.165, 1.54) is 10.5 Å². The Kier molecular flexibility index (Phi) is 3.02. The van der Waals surface area contributed by atoms with Crippen molar-refractivity contribution in [3.63, 3.8) is 0 Å². The van der Waals surface area contributed by atoms with Crippen LogP contribution in [-0.2, 0) is 5.75 Å². The molecule has 1 aliphatic heterocycles. The Bertz CT molecular complexity index is 571. The molecule has 3 nitrogen and oxygen atoms in total. The summed E-state index contributed by atoms with van der Waals surface area (Å²) in [4.78, 5) is 1.17. The smallest absolute Gasteiger partial charge is 0.231 e. The van der Waals surface area contributed by atoms with E-state index in [1.807, 2.05) is 30.3 Å². The summed E-state index contributed by atoms with van der Waals surface area (Å²) in [5.74, 6) is 2.55. The van der Waals surface area contributed by atoms with E-state index in [2.05, 4.69) is 12.1 Å². The third-order valence-electron chi connectivity index (χ3n) is 2.70. The average Bonchev–Trinajstić information content (AvgIpc) is 2.84. The van der Waals surface area contributed by atoms with Crippen LogP contribution in [0.15, 0.2) is 47.4 Å². The fourth-order valence-corrected chi connectivity index (χ4v) is 2.71. The van der Waals surface area contributed by atoms with Crippen LogP contribution in [0.1, 0.15) is 5.56 Å².